The van der Waals surface area contributed by atoms with E-state index in [9.17, 15) is 22.8 Å². The number of nitrogens with one attached hydrogen (secondary N) is 2. The highest BCUT2D eigenvalue weighted by molar-refractivity contribution is 7.15. The molecule has 1 heterocycles. The second-order valence-corrected chi connectivity index (χ2v) is 9.99. The van der Waals surface area contributed by atoms with Crippen molar-refractivity contribution in [3.8, 4) is 11.8 Å². The van der Waals surface area contributed by atoms with Gasteiger partial charge in [-0.15, -0.1) is 23.4 Å². The molecule has 0 bridgehead atoms. The smallest absolute Gasteiger partial charge is 0.406 e. The van der Waals surface area contributed by atoms with Crippen LogP contribution in [-0.2, 0) is 28.9 Å². The first-order valence-corrected chi connectivity index (χ1v) is 13.8. The Morgan fingerprint density at radius 2 is 1.84 bits per heavy atom. The number of nitriles is 1. The number of hydrogen-bond acceptors (Lipinski definition) is 10. The zero-order valence-corrected chi connectivity index (χ0v) is 24.2. The lowest BCUT2D eigenvalue weighted by molar-refractivity contribution is -0.274. The van der Waals surface area contributed by atoms with Gasteiger partial charge in [0.25, 0.3) is 0 Å². The van der Waals surface area contributed by atoms with Gasteiger partial charge >= 0.3 is 6.36 Å². The molecular weight excluding hydrogens is 583 g/mol. The summed E-state index contributed by atoms with van der Waals surface area (Å²) < 4.78 is 39.0. The average Bonchev–Trinajstić information content (AvgIpc) is 3.40. The molecule has 2 aromatic carbocycles. The standard InChI is InChI=1S/C20H25N7OS.C9H7F3O2/c1-24-17(23)10-9-16(22)7-2-3-8-19-26-27-20(29-19)25-18(28)12-14-5-4-6-15(11-14)13-21;10-9(11,12)14-8-3-1-2-7(6-8)4-5-13/h4-6,9-11,24H,2-3,7-8,12,22-23H2,1H3,(H,25,27,28);1-3,5-6H,4H2/b16-9-,17-10+;. The number of rotatable bonds is 13. The van der Waals surface area contributed by atoms with Crippen molar-refractivity contribution in [2.24, 2.45) is 11.5 Å². The number of nitrogens with two attached hydrogens (primary N) is 2. The lowest BCUT2D eigenvalue weighted by Gasteiger charge is -2.08. The summed E-state index contributed by atoms with van der Waals surface area (Å²) in [5.41, 5.74) is 14.2. The first-order chi connectivity index (χ1) is 20.5. The molecule has 0 aliphatic rings. The summed E-state index contributed by atoms with van der Waals surface area (Å²) >= 11 is 1.37. The van der Waals surface area contributed by atoms with Crippen LogP contribution in [0.2, 0.25) is 0 Å². The second-order valence-electron chi connectivity index (χ2n) is 8.92. The Morgan fingerprint density at radius 3 is 2.53 bits per heavy atom. The maximum atomic E-state index is 12.2. The molecule has 0 aliphatic heterocycles. The van der Waals surface area contributed by atoms with Gasteiger partial charge in [0, 0.05) is 25.6 Å². The van der Waals surface area contributed by atoms with Gasteiger partial charge in [-0.25, -0.2) is 0 Å². The van der Waals surface area contributed by atoms with Crippen molar-refractivity contribution in [2.75, 3.05) is 12.4 Å². The highest BCUT2D eigenvalue weighted by Gasteiger charge is 2.31. The molecule has 1 amide bonds. The number of aldehydes is 1. The van der Waals surface area contributed by atoms with E-state index in [1.54, 1.807) is 43.5 Å². The molecule has 14 heteroatoms. The number of aryl methyl sites for hydroxylation is 1. The number of nitrogens with zero attached hydrogens (tertiary/aromatic N) is 3. The van der Waals surface area contributed by atoms with Gasteiger partial charge in [0.05, 0.1) is 23.9 Å². The third-order valence-electron chi connectivity index (χ3n) is 5.46. The lowest BCUT2D eigenvalue weighted by atomic mass is 10.1. The zero-order chi connectivity index (χ0) is 31.7. The molecule has 0 saturated carbocycles. The first-order valence-electron chi connectivity index (χ1n) is 13.0. The number of benzene rings is 2. The maximum absolute atomic E-state index is 12.2. The van der Waals surface area contributed by atoms with Crippen molar-refractivity contribution in [3.63, 3.8) is 0 Å². The van der Waals surface area contributed by atoms with Crippen molar-refractivity contribution in [1.29, 1.82) is 5.26 Å². The van der Waals surface area contributed by atoms with Crippen LogP contribution in [0.15, 0.2) is 72.2 Å². The number of hydrogen-bond donors (Lipinski definition) is 4. The number of allylic oxidation sites excluding steroid dienone is 3. The molecule has 0 radical (unpaired) electrons. The zero-order valence-electron chi connectivity index (χ0n) is 23.4. The monoisotopic (exact) mass is 615 g/mol. The number of alkyl halides is 3. The van der Waals surface area contributed by atoms with E-state index in [1.165, 1.54) is 29.5 Å². The van der Waals surface area contributed by atoms with Crippen LogP contribution in [0, 0.1) is 11.3 Å². The molecule has 43 heavy (non-hydrogen) atoms. The van der Waals surface area contributed by atoms with Gasteiger partial charge in [-0.3, -0.25) is 4.79 Å². The summed E-state index contributed by atoms with van der Waals surface area (Å²) in [7, 11) is 1.75. The minimum atomic E-state index is -4.69. The molecule has 3 rings (SSSR count). The SMILES string of the molecule is CN/C(N)=C/C=C(\N)CCCCc1nnc(NC(=O)Cc2cccc(C#N)c2)s1.O=CCc1cccc(OC(F)(F)F)c1. The van der Waals surface area contributed by atoms with E-state index in [2.05, 4.69) is 31.6 Å². The summed E-state index contributed by atoms with van der Waals surface area (Å²) in [6, 6.07) is 14.4. The third-order valence-corrected chi connectivity index (χ3v) is 6.36. The maximum Gasteiger partial charge on any atom is 0.573 e. The Bertz CT molecular complexity index is 1450. The van der Waals surface area contributed by atoms with Gasteiger partial charge in [0.2, 0.25) is 11.0 Å². The number of halogens is 3. The molecule has 228 valence electrons. The van der Waals surface area contributed by atoms with E-state index in [4.69, 9.17) is 16.7 Å². The Hall–Kier alpha value is -4.90. The molecule has 0 spiro atoms. The molecule has 0 aliphatic carbocycles. The quantitative estimate of drug-likeness (QED) is 0.123. The summed E-state index contributed by atoms with van der Waals surface area (Å²) in [6.07, 6.45) is 3.12. The van der Waals surface area contributed by atoms with Gasteiger partial charge < -0.3 is 31.6 Å². The van der Waals surface area contributed by atoms with E-state index in [0.29, 0.717) is 28.4 Å². The number of carbonyl (C=O) groups excluding carboxylic acids is 2. The Kier molecular flexibility index (Phi) is 14.2. The molecule has 0 atom stereocenters. The fourth-order valence-corrected chi connectivity index (χ4v) is 4.24. The van der Waals surface area contributed by atoms with Gasteiger partial charge in [0.1, 0.15) is 17.0 Å². The fourth-order valence-electron chi connectivity index (χ4n) is 3.44. The van der Waals surface area contributed by atoms with E-state index in [0.717, 1.165) is 42.0 Å². The summed E-state index contributed by atoms with van der Waals surface area (Å²) in [5, 5.41) is 24.0. The van der Waals surface area contributed by atoms with E-state index >= 15 is 0 Å². The Balaban J connectivity index is 0.000000385. The molecule has 0 fully saturated rings. The predicted octanol–water partition coefficient (Wildman–Crippen LogP) is 4.49. The highest BCUT2D eigenvalue weighted by Crippen LogP contribution is 2.23. The largest absolute Gasteiger partial charge is 0.573 e. The average molecular weight is 616 g/mol. The van der Waals surface area contributed by atoms with E-state index < -0.39 is 6.36 Å². The van der Waals surface area contributed by atoms with Crippen molar-refractivity contribution in [1.82, 2.24) is 15.5 Å². The molecule has 0 unspecified atom stereocenters. The molecule has 10 nitrogen and oxygen atoms in total. The summed E-state index contributed by atoms with van der Waals surface area (Å²) in [6.45, 7) is 0. The van der Waals surface area contributed by atoms with Crippen LogP contribution >= 0.6 is 11.3 Å². The van der Waals surface area contributed by atoms with Crippen molar-refractivity contribution < 1.29 is 27.5 Å². The van der Waals surface area contributed by atoms with Gasteiger partial charge in [0.15, 0.2) is 0 Å². The fraction of sp³-hybridized carbons (Fsp3) is 0.276. The molecule has 6 N–H and O–H groups in total. The first kappa shape index (κ1) is 34.3. The molecular formula is C29H32F3N7O3S. The summed E-state index contributed by atoms with van der Waals surface area (Å²) in [5.74, 6) is 0.0700. The van der Waals surface area contributed by atoms with Gasteiger partial charge in [-0.1, -0.05) is 35.6 Å². The lowest BCUT2D eigenvalue weighted by Crippen LogP contribution is -2.17. The van der Waals surface area contributed by atoms with Gasteiger partial charge in [-0.05, 0) is 66.8 Å². The number of carbonyl (C=O) groups is 2. The third kappa shape index (κ3) is 14.5. The predicted molar refractivity (Wildman–Crippen MR) is 157 cm³/mol. The Morgan fingerprint density at radius 1 is 1.09 bits per heavy atom. The number of ether oxygens (including phenoxy) is 1. The van der Waals surface area contributed by atoms with Crippen LogP contribution in [0.3, 0.4) is 0 Å². The van der Waals surface area contributed by atoms with Crippen LogP contribution in [0.25, 0.3) is 0 Å². The van der Waals surface area contributed by atoms with Crippen LogP contribution in [0.4, 0.5) is 18.3 Å². The van der Waals surface area contributed by atoms with Crippen LogP contribution in [-0.4, -0.2) is 35.8 Å². The highest BCUT2D eigenvalue weighted by atomic mass is 32.1. The van der Waals surface area contributed by atoms with E-state index in [-0.39, 0.29) is 24.5 Å². The van der Waals surface area contributed by atoms with Crippen molar-refractivity contribution in [3.05, 3.63) is 93.9 Å². The molecule has 1 aromatic heterocycles. The Labute approximate surface area is 251 Å². The number of unbranched alkanes of at least 4 members (excludes halogenated alkanes) is 1. The second kappa shape index (κ2) is 17.8. The van der Waals surface area contributed by atoms with Crippen LogP contribution in [0.1, 0.15) is 41.0 Å². The van der Waals surface area contributed by atoms with Crippen molar-refractivity contribution in [2.45, 2.75) is 44.9 Å². The minimum absolute atomic E-state index is 0.0784. The number of amides is 1. The van der Waals surface area contributed by atoms with Crippen LogP contribution < -0.4 is 26.8 Å². The number of aromatic nitrogens is 2. The van der Waals surface area contributed by atoms with Gasteiger partial charge in [-0.2, -0.15) is 5.26 Å². The number of anilines is 1. The van der Waals surface area contributed by atoms with Crippen LogP contribution in [0.5, 0.6) is 5.75 Å². The topological polar surface area (TPSA) is 169 Å². The molecule has 0 saturated heterocycles. The van der Waals surface area contributed by atoms with E-state index in [1.807, 2.05) is 6.07 Å². The van der Waals surface area contributed by atoms with Crippen molar-refractivity contribution >= 4 is 28.7 Å². The molecule has 3 aromatic rings. The normalized spacial score (nSPS) is 11.5. The summed E-state index contributed by atoms with van der Waals surface area (Å²) in [4.78, 5) is 22.3. The minimum Gasteiger partial charge on any atom is -0.406 e.